The van der Waals surface area contributed by atoms with E-state index in [2.05, 4.69) is 35.9 Å². The Labute approximate surface area is 109 Å². The summed E-state index contributed by atoms with van der Waals surface area (Å²) >= 11 is 3.21. The maximum atomic E-state index is 11.7. The van der Waals surface area contributed by atoms with Crippen molar-refractivity contribution in [2.24, 2.45) is 0 Å². The van der Waals surface area contributed by atoms with Crippen LogP contribution in [-0.4, -0.2) is 27.1 Å². The zero-order valence-corrected chi connectivity index (χ0v) is 10.3. The number of carbonyl (C=O) groups excluding carboxylic acids is 1. The lowest BCUT2D eigenvalue weighted by Gasteiger charge is -2.03. The van der Waals surface area contributed by atoms with E-state index in [1.807, 2.05) is 0 Å². The van der Waals surface area contributed by atoms with Gasteiger partial charge in [-0.1, -0.05) is 5.16 Å². The van der Waals surface area contributed by atoms with Crippen molar-refractivity contribution in [1.82, 2.24) is 10.1 Å². The molecule has 0 saturated carbocycles. The number of amides is 1. The summed E-state index contributed by atoms with van der Waals surface area (Å²) in [6.07, 6.45) is 3.02. The average molecular weight is 312 g/mol. The SMILES string of the molecule is O=C(Nc1ccncc1Br)c1cc(C(=O)O)on1. The minimum atomic E-state index is -1.29. The van der Waals surface area contributed by atoms with Crippen molar-refractivity contribution in [1.29, 1.82) is 0 Å². The molecule has 1 amide bonds. The van der Waals surface area contributed by atoms with Gasteiger partial charge in [-0.05, 0) is 22.0 Å². The van der Waals surface area contributed by atoms with Gasteiger partial charge < -0.3 is 14.9 Å². The lowest BCUT2D eigenvalue weighted by Crippen LogP contribution is -2.12. The molecule has 2 N–H and O–H groups in total. The van der Waals surface area contributed by atoms with E-state index in [0.29, 0.717) is 10.2 Å². The number of aromatic nitrogens is 2. The second kappa shape index (κ2) is 4.96. The van der Waals surface area contributed by atoms with Crippen LogP contribution in [0.15, 0.2) is 33.5 Å². The van der Waals surface area contributed by atoms with Crippen LogP contribution in [0.1, 0.15) is 21.0 Å². The van der Waals surface area contributed by atoms with E-state index in [0.717, 1.165) is 6.07 Å². The molecule has 18 heavy (non-hydrogen) atoms. The average Bonchev–Trinajstić information content (AvgIpc) is 2.81. The molecule has 92 valence electrons. The number of rotatable bonds is 3. The summed E-state index contributed by atoms with van der Waals surface area (Å²) in [5, 5.41) is 14.5. The van der Waals surface area contributed by atoms with E-state index in [9.17, 15) is 9.59 Å². The Morgan fingerprint density at radius 1 is 1.44 bits per heavy atom. The molecule has 7 nitrogen and oxygen atoms in total. The Balaban J connectivity index is 2.17. The monoisotopic (exact) mass is 311 g/mol. The van der Waals surface area contributed by atoms with Crippen LogP contribution in [0.5, 0.6) is 0 Å². The molecule has 2 aromatic heterocycles. The van der Waals surface area contributed by atoms with Gasteiger partial charge in [-0.3, -0.25) is 9.78 Å². The number of hydrogen-bond acceptors (Lipinski definition) is 5. The first kappa shape index (κ1) is 12.2. The Bertz CT molecular complexity index is 611. The molecule has 0 aromatic carbocycles. The lowest BCUT2D eigenvalue weighted by molar-refractivity contribution is 0.0651. The van der Waals surface area contributed by atoms with Crippen LogP contribution in [-0.2, 0) is 0 Å². The molecule has 2 rings (SSSR count). The highest BCUT2D eigenvalue weighted by atomic mass is 79.9. The van der Waals surface area contributed by atoms with Crippen molar-refractivity contribution >= 4 is 33.5 Å². The summed E-state index contributed by atoms with van der Waals surface area (Å²) in [4.78, 5) is 26.1. The normalized spacial score (nSPS) is 10.1. The largest absolute Gasteiger partial charge is 0.475 e. The number of anilines is 1. The first-order valence-corrected chi connectivity index (χ1v) is 5.48. The van der Waals surface area contributed by atoms with Crippen LogP contribution in [0, 0.1) is 0 Å². The van der Waals surface area contributed by atoms with Gasteiger partial charge in [-0.15, -0.1) is 0 Å². The maximum Gasteiger partial charge on any atom is 0.374 e. The Kier molecular flexibility index (Phi) is 3.38. The molecule has 0 aliphatic heterocycles. The van der Waals surface area contributed by atoms with Gasteiger partial charge in [0.2, 0.25) is 5.76 Å². The standard InChI is InChI=1S/C10H6BrN3O4/c11-5-4-12-2-1-6(5)13-9(15)7-3-8(10(16)17)18-14-7/h1-4H,(H,16,17)(H,12,13,15). The van der Waals surface area contributed by atoms with E-state index < -0.39 is 17.6 Å². The van der Waals surface area contributed by atoms with Crippen molar-refractivity contribution in [2.45, 2.75) is 0 Å². The third kappa shape index (κ3) is 2.54. The van der Waals surface area contributed by atoms with Crippen LogP contribution >= 0.6 is 15.9 Å². The first-order chi connectivity index (χ1) is 8.58. The van der Waals surface area contributed by atoms with Crippen molar-refractivity contribution in [3.05, 3.63) is 40.5 Å². The number of carboxylic acid groups (broad SMARTS) is 1. The van der Waals surface area contributed by atoms with Gasteiger partial charge >= 0.3 is 5.97 Å². The van der Waals surface area contributed by atoms with Gasteiger partial charge in [0.1, 0.15) is 0 Å². The van der Waals surface area contributed by atoms with E-state index in [1.54, 1.807) is 6.07 Å². The quantitative estimate of drug-likeness (QED) is 0.895. The fourth-order valence-electron chi connectivity index (χ4n) is 1.15. The van der Waals surface area contributed by atoms with Gasteiger partial charge in [-0.2, -0.15) is 0 Å². The van der Waals surface area contributed by atoms with Crippen LogP contribution in [0.2, 0.25) is 0 Å². The molecule has 2 heterocycles. The second-order valence-corrected chi connectivity index (χ2v) is 4.05. The zero-order valence-electron chi connectivity index (χ0n) is 8.75. The molecule has 0 saturated heterocycles. The molecular formula is C10H6BrN3O4. The lowest BCUT2D eigenvalue weighted by atomic mass is 10.3. The summed E-state index contributed by atoms with van der Waals surface area (Å²) < 4.78 is 5.08. The molecule has 0 aliphatic carbocycles. The van der Waals surface area contributed by atoms with Crippen LogP contribution in [0.4, 0.5) is 5.69 Å². The molecule has 0 atom stereocenters. The minimum Gasteiger partial charge on any atom is -0.475 e. The molecule has 2 aromatic rings. The first-order valence-electron chi connectivity index (χ1n) is 4.69. The van der Waals surface area contributed by atoms with Gasteiger partial charge in [0.05, 0.1) is 10.2 Å². The number of hydrogen-bond donors (Lipinski definition) is 2. The molecular weight excluding hydrogens is 306 g/mol. The van der Waals surface area contributed by atoms with E-state index in [4.69, 9.17) is 5.11 Å². The summed E-state index contributed by atoms with van der Waals surface area (Å²) in [6, 6.07) is 2.63. The topological polar surface area (TPSA) is 105 Å². The molecule has 0 fully saturated rings. The van der Waals surface area contributed by atoms with E-state index >= 15 is 0 Å². The Morgan fingerprint density at radius 3 is 2.83 bits per heavy atom. The third-order valence-electron chi connectivity index (χ3n) is 1.97. The fraction of sp³-hybridized carbons (Fsp3) is 0. The van der Waals surface area contributed by atoms with Crippen LogP contribution in [0.25, 0.3) is 0 Å². The second-order valence-electron chi connectivity index (χ2n) is 3.19. The highest BCUT2D eigenvalue weighted by Gasteiger charge is 2.17. The Hall–Kier alpha value is -2.22. The molecule has 0 radical (unpaired) electrons. The number of aromatic carboxylic acids is 1. The number of carbonyl (C=O) groups is 2. The molecule has 8 heteroatoms. The summed E-state index contributed by atoms with van der Waals surface area (Å²) in [5.74, 6) is -2.25. The molecule has 0 bridgehead atoms. The summed E-state index contributed by atoms with van der Waals surface area (Å²) in [7, 11) is 0. The summed E-state index contributed by atoms with van der Waals surface area (Å²) in [5.41, 5.74) is 0.381. The van der Waals surface area contributed by atoms with Gasteiger partial charge in [0.25, 0.3) is 5.91 Å². The van der Waals surface area contributed by atoms with Gasteiger partial charge in [0, 0.05) is 18.5 Å². The predicted octanol–water partition coefficient (Wildman–Crippen LogP) is 1.78. The van der Waals surface area contributed by atoms with Crippen molar-refractivity contribution in [3.8, 4) is 0 Å². The van der Waals surface area contributed by atoms with Crippen molar-refractivity contribution in [2.75, 3.05) is 5.32 Å². The number of nitrogens with zero attached hydrogens (tertiary/aromatic N) is 2. The number of carboxylic acids is 1. The van der Waals surface area contributed by atoms with Crippen LogP contribution < -0.4 is 5.32 Å². The molecule has 0 spiro atoms. The number of nitrogens with one attached hydrogen (secondary N) is 1. The highest BCUT2D eigenvalue weighted by molar-refractivity contribution is 9.10. The highest BCUT2D eigenvalue weighted by Crippen LogP contribution is 2.20. The minimum absolute atomic E-state index is 0.115. The van der Waals surface area contributed by atoms with E-state index in [1.165, 1.54) is 12.4 Å². The number of pyridine rings is 1. The zero-order chi connectivity index (χ0) is 13.1. The summed E-state index contributed by atoms with van der Waals surface area (Å²) in [6.45, 7) is 0. The van der Waals surface area contributed by atoms with Gasteiger partial charge in [0.15, 0.2) is 5.69 Å². The fourth-order valence-corrected chi connectivity index (χ4v) is 1.50. The smallest absolute Gasteiger partial charge is 0.374 e. The maximum absolute atomic E-state index is 11.7. The van der Waals surface area contributed by atoms with Crippen LogP contribution in [0.3, 0.4) is 0 Å². The van der Waals surface area contributed by atoms with Gasteiger partial charge in [-0.25, -0.2) is 4.79 Å². The Morgan fingerprint density at radius 2 is 2.22 bits per heavy atom. The molecule has 0 unspecified atom stereocenters. The predicted molar refractivity (Wildman–Crippen MR) is 63.4 cm³/mol. The van der Waals surface area contributed by atoms with Crippen molar-refractivity contribution < 1.29 is 19.2 Å². The van der Waals surface area contributed by atoms with Crippen molar-refractivity contribution in [3.63, 3.8) is 0 Å². The molecule has 0 aliphatic rings. The number of halogens is 1. The van der Waals surface area contributed by atoms with E-state index in [-0.39, 0.29) is 5.69 Å². The third-order valence-corrected chi connectivity index (χ3v) is 2.61.